The quantitative estimate of drug-likeness (QED) is 0.553. The maximum Gasteiger partial charge on any atom is 0.335 e. The Kier molecular flexibility index (Phi) is 5.76. The predicted octanol–water partition coefficient (Wildman–Crippen LogP) is 4.69. The van der Waals surface area contributed by atoms with Crippen LogP contribution in [-0.2, 0) is 11.4 Å². The standard InChI is InChI=1S/C27H31NO6/c1-27-10-9-17-18-13-24(33-2)23(29)12-20(18)22(11-19(17)21(27)7-8-25(27)30)28-34-14-15-3-5-16(6-4-15)26(31)32/h3-6,12-13,17,19,21,25,29-30H,7-11,14H2,1-2H3,(H,31,32)/t17-,19-,21+,25?,27+/m1/s1. The molecule has 2 aromatic rings. The van der Waals surface area contributed by atoms with Crippen LogP contribution in [0.25, 0.3) is 0 Å². The zero-order chi connectivity index (χ0) is 24.0. The molecule has 5 rings (SSSR count). The van der Waals surface area contributed by atoms with Crippen molar-refractivity contribution in [2.24, 2.45) is 22.4 Å². The van der Waals surface area contributed by atoms with Crippen molar-refractivity contribution < 1.29 is 29.7 Å². The van der Waals surface area contributed by atoms with Crippen molar-refractivity contribution in [1.82, 2.24) is 0 Å². The second-order valence-electron chi connectivity index (χ2n) is 10.1. The van der Waals surface area contributed by atoms with E-state index in [1.807, 2.05) is 6.07 Å². The number of carboxylic acid groups (broad SMARTS) is 1. The molecule has 3 N–H and O–H groups in total. The Morgan fingerprint density at radius 3 is 2.65 bits per heavy atom. The maximum absolute atomic E-state index is 11.1. The molecule has 0 aliphatic heterocycles. The first kappa shape index (κ1) is 22.7. The summed E-state index contributed by atoms with van der Waals surface area (Å²) in [5.74, 6) is 0.646. The summed E-state index contributed by atoms with van der Waals surface area (Å²) in [6, 6.07) is 10.2. The van der Waals surface area contributed by atoms with E-state index in [1.165, 1.54) is 0 Å². The van der Waals surface area contributed by atoms with Crippen LogP contribution in [0.3, 0.4) is 0 Å². The van der Waals surface area contributed by atoms with Crippen LogP contribution in [0, 0.1) is 17.3 Å². The molecule has 0 bridgehead atoms. The summed E-state index contributed by atoms with van der Waals surface area (Å²) in [6.07, 6.45) is 4.28. The number of phenols is 1. The number of fused-ring (bicyclic) bond motifs is 5. The zero-order valence-corrected chi connectivity index (χ0v) is 19.5. The Hall–Kier alpha value is -3.06. The molecule has 2 aromatic carbocycles. The van der Waals surface area contributed by atoms with Crippen LogP contribution in [0.5, 0.6) is 11.5 Å². The lowest BCUT2D eigenvalue weighted by Gasteiger charge is -2.50. The average Bonchev–Trinajstić information content (AvgIpc) is 3.13. The molecule has 3 aliphatic carbocycles. The van der Waals surface area contributed by atoms with E-state index in [1.54, 1.807) is 37.4 Å². The molecule has 2 fully saturated rings. The Bertz CT molecular complexity index is 1130. The Morgan fingerprint density at radius 1 is 1.18 bits per heavy atom. The fourth-order valence-corrected chi connectivity index (χ4v) is 6.58. The number of benzene rings is 2. The molecule has 1 unspecified atom stereocenters. The van der Waals surface area contributed by atoms with E-state index in [0.717, 1.165) is 54.5 Å². The second kappa shape index (κ2) is 8.62. The van der Waals surface area contributed by atoms with Crippen LogP contribution >= 0.6 is 0 Å². The van der Waals surface area contributed by atoms with Crippen LogP contribution in [0.1, 0.15) is 72.0 Å². The molecule has 180 valence electrons. The van der Waals surface area contributed by atoms with Gasteiger partial charge >= 0.3 is 5.97 Å². The van der Waals surface area contributed by atoms with Gasteiger partial charge in [0.15, 0.2) is 11.5 Å². The minimum Gasteiger partial charge on any atom is -0.504 e. The van der Waals surface area contributed by atoms with Gasteiger partial charge in [-0.3, -0.25) is 0 Å². The van der Waals surface area contributed by atoms with Crippen molar-refractivity contribution in [3.05, 3.63) is 58.7 Å². The van der Waals surface area contributed by atoms with E-state index in [-0.39, 0.29) is 29.4 Å². The number of carbonyl (C=O) groups is 1. The summed E-state index contributed by atoms with van der Waals surface area (Å²) < 4.78 is 5.41. The molecular weight excluding hydrogens is 434 g/mol. The summed E-state index contributed by atoms with van der Waals surface area (Å²) in [5.41, 5.74) is 3.79. The Morgan fingerprint density at radius 2 is 1.94 bits per heavy atom. The monoisotopic (exact) mass is 465 g/mol. The Balaban J connectivity index is 1.46. The van der Waals surface area contributed by atoms with Gasteiger partial charge in [-0.2, -0.15) is 0 Å². The average molecular weight is 466 g/mol. The number of aliphatic hydroxyl groups excluding tert-OH is 1. The summed E-state index contributed by atoms with van der Waals surface area (Å²) >= 11 is 0. The van der Waals surface area contributed by atoms with Crippen LogP contribution in [0.2, 0.25) is 0 Å². The third kappa shape index (κ3) is 3.72. The number of aromatic carboxylic acids is 1. The highest BCUT2D eigenvalue weighted by Gasteiger charge is 2.55. The molecule has 0 saturated heterocycles. The van der Waals surface area contributed by atoms with Crippen LogP contribution in [0.4, 0.5) is 0 Å². The van der Waals surface area contributed by atoms with Gasteiger partial charge in [-0.15, -0.1) is 0 Å². The lowest BCUT2D eigenvalue weighted by atomic mass is 9.55. The summed E-state index contributed by atoms with van der Waals surface area (Å²) in [7, 11) is 1.56. The van der Waals surface area contributed by atoms with E-state index < -0.39 is 5.97 Å². The molecular formula is C27H31NO6. The molecule has 0 heterocycles. The van der Waals surface area contributed by atoms with Crippen molar-refractivity contribution in [3.63, 3.8) is 0 Å². The van der Waals surface area contributed by atoms with Gasteiger partial charge in [0.25, 0.3) is 0 Å². The number of methoxy groups -OCH3 is 1. The molecule has 7 heteroatoms. The number of ether oxygens (including phenoxy) is 1. The van der Waals surface area contributed by atoms with E-state index in [4.69, 9.17) is 14.7 Å². The molecule has 0 amide bonds. The number of aromatic hydroxyl groups is 1. The van der Waals surface area contributed by atoms with Gasteiger partial charge < -0.3 is 24.9 Å². The van der Waals surface area contributed by atoms with Gasteiger partial charge in [0.2, 0.25) is 0 Å². The third-order valence-electron chi connectivity index (χ3n) is 8.48. The fourth-order valence-electron chi connectivity index (χ4n) is 6.58. The summed E-state index contributed by atoms with van der Waals surface area (Å²) in [4.78, 5) is 16.8. The van der Waals surface area contributed by atoms with E-state index in [2.05, 4.69) is 12.1 Å². The fraction of sp³-hybridized carbons (Fsp3) is 0.481. The van der Waals surface area contributed by atoms with Gasteiger partial charge in [0, 0.05) is 5.56 Å². The zero-order valence-electron chi connectivity index (χ0n) is 19.5. The highest BCUT2D eigenvalue weighted by molar-refractivity contribution is 6.03. The van der Waals surface area contributed by atoms with Crippen molar-refractivity contribution in [2.75, 3.05) is 7.11 Å². The normalized spacial score (nSPS) is 30.9. The number of oxime groups is 1. The molecule has 0 aromatic heterocycles. The van der Waals surface area contributed by atoms with Crippen LogP contribution < -0.4 is 4.74 Å². The first-order valence-corrected chi connectivity index (χ1v) is 11.9. The highest BCUT2D eigenvalue weighted by atomic mass is 16.6. The molecule has 3 aliphatic rings. The third-order valence-corrected chi connectivity index (χ3v) is 8.48. The van der Waals surface area contributed by atoms with E-state index in [9.17, 15) is 15.0 Å². The van der Waals surface area contributed by atoms with Crippen LogP contribution in [0.15, 0.2) is 41.6 Å². The second-order valence-corrected chi connectivity index (χ2v) is 10.1. The minimum atomic E-state index is -0.965. The van der Waals surface area contributed by atoms with E-state index in [0.29, 0.717) is 23.5 Å². The first-order valence-electron chi connectivity index (χ1n) is 11.9. The van der Waals surface area contributed by atoms with Gasteiger partial charge in [-0.05, 0) is 90.7 Å². The number of hydrogen-bond acceptors (Lipinski definition) is 6. The molecule has 0 radical (unpaired) electrons. The van der Waals surface area contributed by atoms with Gasteiger partial charge in [0.1, 0.15) is 6.61 Å². The van der Waals surface area contributed by atoms with Gasteiger partial charge in [-0.25, -0.2) is 4.79 Å². The van der Waals surface area contributed by atoms with Crippen LogP contribution in [-0.4, -0.2) is 40.2 Å². The lowest BCUT2D eigenvalue weighted by molar-refractivity contribution is -0.0180. The SMILES string of the molecule is COc1cc2c(cc1O)C(=NOCc1ccc(C(=O)O)cc1)C[C@@H]1[C@@H]2CC[C@]2(C)C(O)CC[C@@H]12. The van der Waals surface area contributed by atoms with E-state index >= 15 is 0 Å². The Labute approximate surface area is 199 Å². The smallest absolute Gasteiger partial charge is 0.335 e. The van der Waals surface area contributed by atoms with Crippen molar-refractivity contribution in [1.29, 1.82) is 0 Å². The topological polar surface area (TPSA) is 109 Å². The van der Waals surface area contributed by atoms with Gasteiger partial charge in [0.05, 0.1) is 24.5 Å². The molecule has 34 heavy (non-hydrogen) atoms. The van der Waals surface area contributed by atoms with Crippen molar-refractivity contribution in [3.8, 4) is 11.5 Å². The molecule has 7 nitrogen and oxygen atoms in total. The van der Waals surface area contributed by atoms with Crippen molar-refractivity contribution in [2.45, 2.75) is 57.7 Å². The molecule has 2 saturated carbocycles. The van der Waals surface area contributed by atoms with Gasteiger partial charge in [-0.1, -0.05) is 24.2 Å². The summed E-state index contributed by atoms with van der Waals surface area (Å²) in [6.45, 7) is 2.45. The highest BCUT2D eigenvalue weighted by Crippen LogP contribution is 2.61. The minimum absolute atomic E-state index is 0.0719. The summed E-state index contributed by atoms with van der Waals surface area (Å²) in [5, 5.41) is 34.8. The number of nitrogens with zero attached hydrogens (tertiary/aromatic N) is 1. The number of hydrogen-bond donors (Lipinski definition) is 3. The number of phenolic OH excluding ortho intramolecular Hbond substituents is 1. The lowest BCUT2D eigenvalue weighted by Crippen LogP contribution is -2.45. The number of carboxylic acids is 1. The molecule has 5 atom stereocenters. The predicted molar refractivity (Wildman–Crippen MR) is 126 cm³/mol. The van der Waals surface area contributed by atoms with Crippen molar-refractivity contribution >= 4 is 11.7 Å². The first-order chi connectivity index (χ1) is 16.3. The maximum atomic E-state index is 11.1. The number of aliphatic hydroxyl groups is 1. The largest absolute Gasteiger partial charge is 0.504 e. The molecule has 0 spiro atoms. The number of rotatable bonds is 5.